The molecule has 1 N–H and O–H groups in total. The molecule has 0 spiro atoms. The highest BCUT2D eigenvalue weighted by atomic mass is 16.6. The third kappa shape index (κ3) is 3.67. The SMILES string of the molecule is CCCNCCc1ccccc1[N+](=O)[O-]. The second kappa shape index (κ2) is 6.14. The highest BCUT2D eigenvalue weighted by Gasteiger charge is 2.10. The van der Waals surface area contributed by atoms with Crippen molar-refractivity contribution in [1.82, 2.24) is 5.32 Å². The summed E-state index contributed by atoms with van der Waals surface area (Å²) in [4.78, 5) is 10.4. The first-order valence-corrected chi connectivity index (χ1v) is 5.18. The molecule has 4 heteroatoms. The van der Waals surface area contributed by atoms with E-state index in [4.69, 9.17) is 0 Å². The first kappa shape index (κ1) is 11.7. The van der Waals surface area contributed by atoms with Crippen molar-refractivity contribution in [3.8, 4) is 0 Å². The van der Waals surface area contributed by atoms with E-state index < -0.39 is 0 Å². The van der Waals surface area contributed by atoms with E-state index in [0.717, 1.165) is 25.1 Å². The molecule has 0 saturated heterocycles. The van der Waals surface area contributed by atoms with Crippen molar-refractivity contribution < 1.29 is 4.92 Å². The molecule has 82 valence electrons. The van der Waals surface area contributed by atoms with Crippen LogP contribution in [0.3, 0.4) is 0 Å². The van der Waals surface area contributed by atoms with Crippen LogP contribution >= 0.6 is 0 Å². The van der Waals surface area contributed by atoms with Gasteiger partial charge in [-0.2, -0.15) is 0 Å². The second-order valence-electron chi connectivity index (χ2n) is 3.39. The standard InChI is InChI=1S/C11H16N2O2/c1-2-8-12-9-7-10-5-3-4-6-11(10)13(14)15/h3-6,12H,2,7-9H2,1H3. The quantitative estimate of drug-likeness (QED) is 0.442. The van der Waals surface area contributed by atoms with Crippen molar-refractivity contribution in [1.29, 1.82) is 0 Å². The van der Waals surface area contributed by atoms with Gasteiger partial charge in [-0.05, 0) is 25.9 Å². The third-order valence-corrected chi connectivity index (χ3v) is 2.19. The Hall–Kier alpha value is -1.42. The molecule has 15 heavy (non-hydrogen) atoms. The van der Waals surface area contributed by atoms with Gasteiger partial charge in [0, 0.05) is 11.6 Å². The zero-order chi connectivity index (χ0) is 11.1. The maximum atomic E-state index is 10.7. The fourth-order valence-corrected chi connectivity index (χ4v) is 1.43. The Morgan fingerprint density at radius 1 is 1.33 bits per heavy atom. The van der Waals surface area contributed by atoms with Crippen LogP contribution < -0.4 is 5.32 Å². The first-order chi connectivity index (χ1) is 7.25. The van der Waals surface area contributed by atoms with Crippen LogP contribution in [0.2, 0.25) is 0 Å². The van der Waals surface area contributed by atoms with Gasteiger partial charge in [0.15, 0.2) is 0 Å². The molecule has 0 heterocycles. The zero-order valence-corrected chi connectivity index (χ0v) is 8.90. The third-order valence-electron chi connectivity index (χ3n) is 2.19. The molecule has 0 atom stereocenters. The van der Waals surface area contributed by atoms with Crippen LogP contribution in [0.4, 0.5) is 5.69 Å². The van der Waals surface area contributed by atoms with E-state index in [0.29, 0.717) is 6.42 Å². The molecule has 1 aromatic carbocycles. The Labute approximate surface area is 89.5 Å². The maximum Gasteiger partial charge on any atom is 0.272 e. The van der Waals surface area contributed by atoms with Gasteiger partial charge in [0.25, 0.3) is 5.69 Å². The number of benzene rings is 1. The molecule has 0 radical (unpaired) electrons. The lowest BCUT2D eigenvalue weighted by Gasteiger charge is -2.03. The molecule has 0 aliphatic carbocycles. The van der Waals surface area contributed by atoms with Crippen LogP contribution in [-0.2, 0) is 6.42 Å². The highest BCUT2D eigenvalue weighted by Crippen LogP contribution is 2.17. The van der Waals surface area contributed by atoms with E-state index in [1.807, 2.05) is 12.1 Å². The van der Waals surface area contributed by atoms with Gasteiger partial charge >= 0.3 is 0 Å². The Balaban J connectivity index is 2.56. The van der Waals surface area contributed by atoms with Gasteiger partial charge in [0.05, 0.1) is 4.92 Å². The zero-order valence-electron chi connectivity index (χ0n) is 8.90. The monoisotopic (exact) mass is 208 g/mol. The lowest BCUT2D eigenvalue weighted by Crippen LogP contribution is -2.18. The molecule has 0 bridgehead atoms. The number of hydrogen-bond acceptors (Lipinski definition) is 3. The fourth-order valence-electron chi connectivity index (χ4n) is 1.43. The summed E-state index contributed by atoms with van der Waals surface area (Å²) in [7, 11) is 0. The smallest absolute Gasteiger partial charge is 0.272 e. The minimum atomic E-state index is -0.324. The Bertz CT molecular complexity index is 326. The molecule has 0 aromatic heterocycles. The lowest BCUT2D eigenvalue weighted by atomic mass is 10.1. The number of hydrogen-bond donors (Lipinski definition) is 1. The molecule has 0 saturated carbocycles. The van der Waals surface area contributed by atoms with Crippen LogP contribution in [0, 0.1) is 10.1 Å². The van der Waals surface area contributed by atoms with Crippen LogP contribution in [0.25, 0.3) is 0 Å². The fraction of sp³-hybridized carbons (Fsp3) is 0.455. The number of nitrogens with one attached hydrogen (secondary N) is 1. The van der Waals surface area contributed by atoms with Crippen LogP contribution in [0.5, 0.6) is 0 Å². The molecule has 0 amide bonds. The highest BCUT2D eigenvalue weighted by molar-refractivity contribution is 5.39. The summed E-state index contributed by atoms with van der Waals surface area (Å²) >= 11 is 0. The number of nitrogens with zero attached hydrogens (tertiary/aromatic N) is 1. The van der Waals surface area contributed by atoms with Gasteiger partial charge in [-0.1, -0.05) is 25.1 Å². The van der Waals surface area contributed by atoms with Crippen molar-refractivity contribution in [3.05, 3.63) is 39.9 Å². The van der Waals surface area contributed by atoms with Crippen LogP contribution in [0.1, 0.15) is 18.9 Å². The molecule has 0 fully saturated rings. The number of rotatable bonds is 6. The minimum Gasteiger partial charge on any atom is -0.316 e. The number of nitro benzene ring substituents is 1. The average Bonchev–Trinajstić information content (AvgIpc) is 2.25. The van der Waals surface area contributed by atoms with E-state index in [2.05, 4.69) is 12.2 Å². The molecule has 0 unspecified atom stereocenters. The van der Waals surface area contributed by atoms with Crippen molar-refractivity contribution in [2.75, 3.05) is 13.1 Å². The second-order valence-corrected chi connectivity index (χ2v) is 3.39. The molecule has 0 aliphatic heterocycles. The molecule has 1 aromatic rings. The molecular weight excluding hydrogens is 192 g/mol. The summed E-state index contributed by atoms with van der Waals surface area (Å²) in [6, 6.07) is 6.89. The first-order valence-electron chi connectivity index (χ1n) is 5.18. The van der Waals surface area contributed by atoms with Crippen LogP contribution in [-0.4, -0.2) is 18.0 Å². The normalized spacial score (nSPS) is 10.2. The summed E-state index contributed by atoms with van der Waals surface area (Å²) in [6.45, 7) is 3.84. The predicted octanol–water partition coefficient (Wildman–Crippen LogP) is 2.14. The summed E-state index contributed by atoms with van der Waals surface area (Å²) in [5, 5.41) is 13.9. The van der Waals surface area contributed by atoms with Gasteiger partial charge in [0.2, 0.25) is 0 Å². The van der Waals surface area contributed by atoms with Gasteiger partial charge < -0.3 is 5.32 Å². The molecule has 4 nitrogen and oxygen atoms in total. The van der Waals surface area contributed by atoms with E-state index in [9.17, 15) is 10.1 Å². The van der Waals surface area contributed by atoms with E-state index >= 15 is 0 Å². The van der Waals surface area contributed by atoms with E-state index in [1.54, 1.807) is 12.1 Å². The van der Waals surface area contributed by atoms with E-state index in [1.165, 1.54) is 0 Å². The molecule has 0 aliphatic rings. The Kier molecular flexibility index (Phi) is 4.77. The van der Waals surface area contributed by atoms with Gasteiger partial charge in [-0.25, -0.2) is 0 Å². The van der Waals surface area contributed by atoms with Crippen molar-refractivity contribution in [2.45, 2.75) is 19.8 Å². The average molecular weight is 208 g/mol. The molecule has 1 rings (SSSR count). The molecular formula is C11H16N2O2. The van der Waals surface area contributed by atoms with Crippen LogP contribution in [0.15, 0.2) is 24.3 Å². The lowest BCUT2D eigenvalue weighted by molar-refractivity contribution is -0.385. The maximum absolute atomic E-state index is 10.7. The predicted molar refractivity (Wildman–Crippen MR) is 60.0 cm³/mol. The Morgan fingerprint density at radius 2 is 2.07 bits per heavy atom. The summed E-state index contributed by atoms with van der Waals surface area (Å²) in [5.41, 5.74) is 1.02. The number of para-hydroxylation sites is 1. The van der Waals surface area contributed by atoms with Crippen molar-refractivity contribution >= 4 is 5.69 Å². The summed E-state index contributed by atoms with van der Waals surface area (Å²) < 4.78 is 0. The van der Waals surface area contributed by atoms with Gasteiger partial charge in [0.1, 0.15) is 0 Å². The Morgan fingerprint density at radius 3 is 2.73 bits per heavy atom. The van der Waals surface area contributed by atoms with Crippen molar-refractivity contribution in [2.24, 2.45) is 0 Å². The largest absolute Gasteiger partial charge is 0.316 e. The summed E-state index contributed by atoms with van der Waals surface area (Å²) in [6.07, 6.45) is 1.79. The topological polar surface area (TPSA) is 55.2 Å². The van der Waals surface area contributed by atoms with Crippen molar-refractivity contribution in [3.63, 3.8) is 0 Å². The van der Waals surface area contributed by atoms with Gasteiger partial charge in [-0.3, -0.25) is 10.1 Å². The van der Waals surface area contributed by atoms with Gasteiger partial charge in [-0.15, -0.1) is 0 Å². The number of nitro groups is 1. The van der Waals surface area contributed by atoms with E-state index in [-0.39, 0.29) is 10.6 Å². The minimum absolute atomic E-state index is 0.218. The summed E-state index contributed by atoms with van der Waals surface area (Å²) in [5.74, 6) is 0.